The number of amides is 2. The number of fused-ring (bicyclic) bond motifs is 1. The Labute approximate surface area is 202 Å². The van der Waals surface area contributed by atoms with Gasteiger partial charge in [0.2, 0.25) is 5.91 Å². The van der Waals surface area contributed by atoms with Gasteiger partial charge in [0.1, 0.15) is 5.75 Å². The lowest BCUT2D eigenvalue weighted by Crippen LogP contribution is -2.38. The van der Waals surface area contributed by atoms with E-state index in [0.29, 0.717) is 40.2 Å². The Morgan fingerprint density at radius 2 is 1.88 bits per heavy atom. The topological polar surface area (TPSA) is 77.1 Å². The number of rotatable bonds is 7. The Hall–Kier alpha value is -3.97. The molecule has 0 aromatic heterocycles. The zero-order chi connectivity index (χ0) is 24.1. The lowest BCUT2D eigenvalue weighted by atomic mass is 10.1. The van der Waals surface area contributed by atoms with Crippen molar-refractivity contribution in [1.29, 1.82) is 0 Å². The Morgan fingerprint density at radius 3 is 2.65 bits per heavy atom. The van der Waals surface area contributed by atoms with Crippen LogP contribution in [0.4, 0.5) is 11.4 Å². The minimum Gasteiger partial charge on any atom is -0.493 e. The first-order chi connectivity index (χ1) is 16.5. The van der Waals surface area contributed by atoms with Crippen LogP contribution in [0.5, 0.6) is 17.2 Å². The van der Waals surface area contributed by atoms with Crippen LogP contribution in [0.1, 0.15) is 11.1 Å². The number of nitrogens with zero attached hydrogens (tertiary/aromatic N) is 1. The number of carbonyl (C=O) groups is 2. The number of ether oxygens (including phenoxy) is 3. The van der Waals surface area contributed by atoms with E-state index in [1.807, 2.05) is 24.3 Å². The summed E-state index contributed by atoms with van der Waals surface area (Å²) >= 11 is 6.29. The van der Waals surface area contributed by atoms with Gasteiger partial charge < -0.3 is 24.4 Å². The van der Waals surface area contributed by atoms with Crippen molar-refractivity contribution in [2.75, 3.05) is 31.0 Å². The fourth-order valence-corrected chi connectivity index (χ4v) is 3.76. The van der Waals surface area contributed by atoms with E-state index in [-0.39, 0.29) is 18.4 Å². The molecule has 34 heavy (non-hydrogen) atoms. The molecule has 0 spiro atoms. The van der Waals surface area contributed by atoms with Gasteiger partial charge in [-0.25, -0.2) is 0 Å². The first-order valence-electron chi connectivity index (χ1n) is 10.5. The maximum Gasteiger partial charge on any atom is 0.265 e. The third-order valence-electron chi connectivity index (χ3n) is 5.29. The first kappa shape index (κ1) is 23.2. The molecule has 0 fully saturated rings. The molecule has 1 heterocycles. The number of nitrogens with one attached hydrogen (secondary N) is 1. The van der Waals surface area contributed by atoms with E-state index >= 15 is 0 Å². The van der Waals surface area contributed by atoms with Crippen LogP contribution in [-0.2, 0) is 16.1 Å². The van der Waals surface area contributed by atoms with Crippen LogP contribution in [-0.4, -0.2) is 32.6 Å². The Morgan fingerprint density at radius 1 is 1.09 bits per heavy atom. The molecule has 2 amide bonds. The minimum absolute atomic E-state index is 0.0583. The molecule has 7 nitrogen and oxygen atoms in total. The molecule has 1 N–H and O–H groups in total. The van der Waals surface area contributed by atoms with Crippen molar-refractivity contribution < 1.29 is 23.8 Å². The van der Waals surface area contributed by atoms with Crippen LogP contribution in [0.3, 0.4) is 0 Å². The normalized spacial score (nSPS) is 12.8. The number of halogens is 1. The second kappa shape index (κ2) is 10.3. The van der Waals surface area contributed by atoms with Gasteiger partial charge in [0, 0.05) is 16.8 Å². The van der Waals surface area contributed by atoms with Gasteiger partial charge in [0.25, 0.3) is 5.91 Å². The monoisotopic (exact) mass is 478 g/mol. The Bertz CT molecular complexity index is 1260. The van der Waals surface area contributed by atoms with Gasteiger partial charge in [-0.1, -0.05) is 35.9 Å². The average molecular weight is 479 g/mol. The van der Waals surface area contributed by atoms with Gasteiger partial charge in [-0.05, 0) is 53.6 Å². The largest absolute Gasteiger partial charge is 0.493 e. The first-order valence-corrected chi connectivity index (χ1v) is 10.9. The van der Waals surface area contributed by atoms with Crippen molar-refractivity contribution in [3.8, 4) is 17.2 Å². The fourth-order valence-electron chi connectivity index (χ4n) is 3.56. The van der Waals surface area contributed by atoms with Crippen molar-refractivity contribution >= 4 is 40.9 Å². The summed E-state index contributed by atoms with van der Waals surface area (Å²) in [6.45, 7) is 0.239. The maximum atomic E-state index is 12.6. The summed E-state index contributed by atoms with van der Waals surface area (Å²) in [5.41, 5.74) is 2.70. The van der Waals surface area contributed by atoms with Gasteiger partial charge in [-0.2, -0.15) is 0 Å². The highest BCUT2D eigenvalue weighted by Gasteiger charge is 2.26. The van der Waals surface area contributed by atoms with Crippen molar-refractivity contribution in [2.45, 2.75) is 6.54 Å². The van der Waals surface area contributed by atoms with E-state index in [0.717, 1.165) is 11.1 Å². The second-order valence-corrected chi connectivity index (χ2v) is 7.89. The highest BCUT2D eigenvalue weighted by molar-refractivity contribution is 6.31. The summed E-state index contributed by atoms with van der Waals surface area (Å²) in [5, 5.41) is 3.40. The summed E-state index contributed by atoms with van der Waals surface area (Å²) in [4.78, 5) is 26.7. The van der Waals surface area contributed by atoms with Crippen molar-refractivity contribution in [3.63, 3.8) is 0 Å². The molecule has 3 aromatic rings. The zero-order valence-electron chi connectivity index (χ0n) is 18.7. The zero-order valence-corrected chi connectivity index (χ0v) is 19.5. The van der Waals surface area contributed by atoms with Crippen LogP contribution in [0.2, 0.25) is 5.02 Å². The number of carbonyl (C=O) groups excluding carboxylic acids is 2. The maximum absolute atomic E-state index is 12.6. The van der Waals surface area contributed by atoms with Crippen molar-refractivity contribution in [2.24, 2.45) is 0 Å². The van der Waals surface area contributed by atoms with Gasteiger partial charge in [-0.15, -0.1) is 0 Å². The molecule has 3 aromatic carbocycles. The quantitative estimate of drug-likeness (QED) is 0.487. The molecule has 4 rings (SSSR count). The predicted octanol–water partition coefficient (Wildman–Crippen LogP) is 4.93. The molecule has 1 aliphatic heterocycles. The number of anilines is 2. The fraction of sp³-hybridized carbons (Fsp3) is 0.154. The number of methoxy groups -OCH3 is 2. The smallest absolute Gasteiger partial charge is 0.265 e. The van der Waals surface area contributed by atoms with Crippen molar-refractivity contribution in [1.82, 2.24) is 0 Å². The summed E-state index contributed by atoms with van der Waals surface area (Å²) in [6, 6.07) is 17.9. The summed E-state index contributed by atoms with van der Waals surface area (Å²) in [6.07, 6.45) is 3.09. The molecule has 1 aliphatic rings. The van der Waals surface area contributed by atoms with Gasteiger partial charge in [-0.3, -0.25) is 9.59 Å². The van der Waals surface area contributed by atoms with Crippen LogP contribution < -0.4 is 24.4 Å². The Balaban J connectivity index is 1.51. The van der Waals surface area contributed by atoms with Crippen LogP contribution in [0.15, 0.2) is 66.7 Å². The number of hydrogen-bond donors (Lipinski definition) is 1. The molecule has 0 saturated carbocycles. The van der Waals surface area contributed by atoms with E-state index < -0.39 is 0 Å². The van der Waals surface area contributed by atoms with Crippen LogP contribution in [0, 0.1) is 0 Å². The van der Waals surface area contributed by atoms with Gasteiger partial charge >= 0.3 is 0 Å². The highest BCUT2D eigenvalue weighted by atomic mass is 35.5. The third kappa shape index (κ3) is 5.15. The van der Waals surface area contributed by atoms with Crippen LogP contribution >= 0.6 is 11.6 Å². The van der Waals surface area contributed by atoms with E-state index in [9.17, 15) is 9.59 Å². The molecule has 8 heteroatoms. The van der Waals surface area contributed by atoms with E-state index in [2.05, 4.69) is 5.32 Å². The summed E-state index contributed by atoms with van der Waals surface area (Å²) in [7, 11) is 3.12. The third-order valence-corrected chi connectivity index (χ3v) is 5.66. The minimum atomic E-state index is -0.324. The molecular weight excluding hydrogens is 456 g/mol. The molecule has 0 saturated heterocycles. The van der Waals surface area contributed by atoms with E-state index in [4.69, 9.17) is 25.8 Å². The average Bonchev–Trinajstić information content (AvgIpc) is 2.85. The molecule has 0 bridgehead atoms. The van der Waals surface area contributed by atoms with E-state index in [1.165, 1.54) is 6.08 Å². The standard InChI is InChI=1S/C26H23ClN2O5/c1-32-23-10-7-17(13-24(23)33-2)8-12-25(30)28-19-9-11-22-21(14-19)29(26(31)16-34-22)15-18-5-3-4-6-20(18)27/h3-14H,15-16H2,1-2H3,(H,28,30)/b12-8+. The summed E-state index contributed by atoms with van der Waals surface area (Å²) < 4.78 is 16.1. The molecular formula is C26H23ClN2O5. The second-order valence-electron chi connectivity index (χ2n) is 7.48. The molecule has 174 valence electrons. The van der Waals surface area contributed by atoms with Crippen LogP contribution in [0.25, 0.3) is 6.08 Å². The van der Waals surface area contributed by atoms with Gasteiger partial charge in [0.05, 0.1) is 26.5 Å². The molecule has 0 radical (unpaired) electrons. The number of benzene rings is 3. The lowest BCUT2D eigenvalue weighted by molar-refractivity contribution is -0.121. The van der Waals surface area contributed by atoms with Crippen molar-refractivity contribution in [3.05, 3.63) is 82.9 Å². The van der Waals surface area contributed by atoms with E-state index in [1.54, 1.807) is 61.6 Å². The molecule has 0 unspecified atom stereocenters. The highest BCUT2D eigenvalue weighted by Crippen LogP contribution is 2.36. The lowest BCUT2D eigenvalue weighted by Gasteiger charge is -2.30. The molecule has 0 atom stereocenters. The molecule has 0 aliphatic carbocycles. The summed E-state index contributed by atoms with van der Waals surface area (Å²) in [5.74, 6) is 1.23. The number of hydrogen-bond acceptors (Lipinski definition) is 5. The van der Waals surface area contributed by atoms with Gasteiger partial charge in [0.15, 0.2) is 18.1 Å². The SMILES string of the molecule is COc1ccc(/C=C/C(=O)Nc2ccc3c(c2)N(Cc2ccccc2Cl)C(=O)CO3)cc1OC. The predicted molar refractivity (Wildman–Crippen MR) is 132 cm³/mol. The Kier molecular flexibility index (Phi) is 7.04.